The average Bonchev–Trinajstić information content (AvgIpc) is 3.11. The summed E-state index contributed by atoms with van der Waals surface area (Å²) < 4.78 is 14.3. The molecule has 0 unspecified atom stereocenters. The molecule has 5 nitrogen and oxygen atoms in total. The molecule has 0 saturated carbocycles. The highest BCUT2D eigenvalue weighted by molar-refractivity contribution is 6.35. The monoisotopic (exact) mass is 377 g/mol. The predicted octanol–water partition coefficient (Wildman–Crippen LogP) is 3.17. The number of hydrogen-bond donors (Lipinski definition) is 2. The Balaban J connectivity index is 1.74. The largest absolute Gasteiger partial charge is 0.356 e. The molecular weight excluding hydrogens is 357 g/mol. The topological polar surface area (TPSA) is 65.2 Å². The number of carbonyl (C=O) groups is 2. The number of piperidine rings is 1. The number of halogens is 2. The molecule has 0 atom stereocenters. The number of H-pyrrole nitrogens is 1. The molecule has 1 saturated heterocycles. The number of nitrogens with zero attached hydrogens (tertiary/aromatic N) is 1. The fraction of sp³-hybridized carbons (Fsp3) is 0.368. The van der Waals surface area contributed by atoms with Crippen molar-refractivity contribution in [3.63, 3.8) is 0 Å². The number of ketones is 1. The molecule has 1 aromatic heterocycles. The standard InChI is InChI=1S/C19H21ClFN3O2/c1-11-3-4-14(20)16(17(11)21)18(25)12-9-15(22-10-12)19(26)23-13-5-7-24(2)8-6-13/h3-4,9-10,13,22H,5-8H2,1-2H3,(H,23,26). The maximum Gasteiger partial charge on any atom is 0.267 e. The van der Waals surface area contributed by atoms with Gasteiger partial charge in [-0.2, -0.15) is 0 Å². The zero-order valence-electron chi connectivity index (χ0n) is 14.7. The van der Waals surface area contributed by atoms with E-state index >= 15 is 0 Å². The van der Waals surface area contributed by atoms with Crippen molar-refractivity contribution in [2.75, 3.05) is 20.1 Å². The van der Waals surface area contributed by atoms with E-state index in [0.29, 0.717) is 5.56 Å². The Morgan fingerprint density at radius 1 is 1.31 bits per heavy atom. The number of aromatic amines is 1. The number of aryl methyl sites for hydroxylation is 1. The number of amides is 1. The van der Waals surface area contributed by atoms with E-state index in [4.69, 9.17) is 11.6 Å². The molecule has 1 aliphatic heterocycles. The second-order valence-corrected chi connectivity index (χ2v) is 7.14. The number of hydrogen-bond acceptors (Lipinski definition) is 3. The van der Waals surface area contributed by atoms with Crippen LogP contribution in [-0.2, 0) is 0 Å². The van der Waals surface area contributed by atoms with Crippen LogP contribution < -0.4 is 5.32 Å². The molecule has 7 heteroatoms. The molecule has 1 aliphatic rings. The maximum atomic E-state index is 14.3. The molecule has 1 amide bonds. The molecule has 0 bridgehead atoms. The Bertz CT molecular complexity index is 841. The number of rotatable bonds is 4. The zero-order valence-corrected chi connectivity index (χ0v) is 15.5. The number of benzene rings is 1. The number of carbonyl (C=O) groups excluding carboxylic acids is 2. The van der Waals surface area contributed by atoms with Gasteiger partial charge in [0.1, 0.15) is 11.5 Å². The first kappa shape index (κ1) is 18.6. The van der Waals surface area contributed by atoms with Crippen LogP contribution in [-0.4, -0.2) is 47.8 Å². The van der Waals surface area contributed by atoms with E-state index in [2.05, 4.69) is 22.2 Å². The molecule has 2 aromatic rings. The van der Waals surface area contributed by atoms with Crippen molar-refractivity contribution in [1.29, 1.82) is 0 Å². The summed E-state index contributed by atoms with van der Waals surface area (Å²) in [6.07, 6.45) is 3.18. The summed E-state index contributed by atoms with van der Waals surface area (Å²) in [6, 6.07) is 4.56. The average molecular weight is 378 g/mol. The Hall–Kier alpha value is -2.18. The second-order valence-electron chi connectivity index (χ2n) is 6.74. The van der Waals surface area contributed by atoms with Crippen LogP contribution >= 0.6 is 11.6 Å². The Kier molecular flexibility index (Phi) is 5.44. The van der Waals surface area contributed by atoms with Crippen LogP contribution in [0.1, 0.15) is 44.8 Å². The lowest BCUT2D eigenvalue weighted by molar-refractivity contribution is 0.0912. The molecule has 3 rings (SSSR count). The van der Waals surface area contributed by atoms with Crippen molar-refractivity contribution < 1.29 is 14.0 Å². The Labute approximate surface area is 156 Å². The quantitative estimate of drug-likeness (QED) is 0.804. The third-order valence-corrected chi connectivity index (χ3v) is 5.07. The highest BCUT2D eigenvalue weighted by Gasteiger charge is 2.23. The van der Waals surface area contributed by atoms with Gasteiger partial charge in [-0.3, -0.25) is 9.59 Å². The first-order valence-electron chi connectivity index (χ1n) is 8.54. The summed E-state index contributed by atoms with van der Waals surface area (Å²) in [5, 5.41) is 3.02. The number of nitrogens with one attached hydrogen (secondary N) is 2. The minimum Gasteiger partial charge on any atom is -0.356 e. The van der Waals surface area contributed by atoms with Crippen LogP contribution in [0.3, 0.4) is 0 Å². The highest BCUT2D eigenvalue weighted by atomic mass is 35.5. The third kappa shape index (κ3) is 3.81. The lowest BCUT2D eigenvalue weighted by Crippen LogP contribution is -2.43. The summed E-state index contributed by atoms with van der Waals surface area (Å²) in [5.41, 5.74) is 0.642. The predicted molar refractivity (Wildman–Crippen MR) is 98.4 cm³/mol. The van der Waals surface area contributed by atoms with Crippen molar-refractivity contribution in [3.8, 4) is 0 Å². The van der Waals surface area contributed by atoms with E-state index in [1.807, 2.05) is 0 Å². The summed E-state index contributed by atoms with van der Waals surface area (Å²) in [6.45, 7) is 3.44. The fourth-order valence-corrected chi connectivity index (χ4v) is 3.31. The van der Waals surface area contributed by atoms with Crippen LogP contribution in [0.4, 0.5) is 4.39 Å². The van der Waals surface area contributed by atoms with Crippen LogP contribution in [0.25, 0.3) is 0 Å². The summed E-state index contributed by atoms with van der Waals surface area (Å²) >= 11 is 6.00. The van der Waals surface area contributed by atoms with Crippen LogP contribution in [0.5, 0.6) is 0 Å². The van der Waals surface area contributed by atoms with Gasteiger partial charge < -0.3 is 15.2 Å². The second kappa shape index (κ2) is 7.60. The third-order valence-electron chi connectivity index (χ3n) is 4.75. The van der Waals surface area contributed by atoms with Gasteiger partial charge in [-0.25, -0.2) is 4.39 Å². The van der Waals surface area contributed by atoms with Crippen LogP contribution in [0, 0.1) is 12.7 Å². The Morgan fingerprint density at radius 3 is 2.69 bits per heavy atom. The maximum absolute atomic E-state index is 14.3. The van der Waals surface area contributed by atoms with E-state index < -0.39 is 11.6 Å². The normalized spacial score (nSPS) is 15.8. The van der Waals surface area contributed by atoms with Gasteiger partial charge >= 0.3 is 0 Å². The molecular formula is C19H21ClFN3O2. The molecule has 1 aromatic carbocycles. The van der Waals surface area contributed by atoms with E-state index in [-0.39, 0.29) is 33.8 Å². The molecule has 2 N–H and O–H groups in total. The van der Waals surface area contributed by atoms with Gasteiger partial charge in [-0.15, -0.1) is 0 Å². The molecule has 26 heavy (non-hydrogen) atoms. The first-order valence-corrected chi connectivity index (χ1v) is 8.91. The van der Waals surface area contributed by atoms with Gasteiger partial charge in [0.15, 0.2) is 5.78 Å². The lowest BCUT2D eigenvalue weighted by Gasteiger charge is -2.29. The SMILES string of the molecule is Cc1ccc(Cl)c(C(=O)c2c[nH]c(C(=O)NC3CCN(C)CC3)c2)c1F. The van der Waals surface area contributed by atoms with Gasteiger partial charge in [0, 0.05) is 17.8 Å². The van der Waals surface area contributed by atoms with E-state index in [0.717, 1.165) is 25.9 Å². The van der Waals surface area contributed by atoms with Crippen LogP contribution in [0.15, 0.2) is 24.4 Å². The minimum atomic E-state index is -0.638. The summed E-state index contributed by atoms with van der Waals surface area (Å²) in [4.78, 5) is 30.0. The molecule has 0 radical (unpaired) electrons. The fourth-order valence-electron chi connectivity index (χ4n) is 3.08. The van der Waals surface area contributed by atoms with Crippen molar-refractivity contribution in [3.05, 3.63) is 57.6 Å². The molecule has 2 heterocycles. The van der Waals surface area contributed by atoms with E-state index in [9.17, 15) is 14.0 Å². The van der Waals surface area contributed by atoms with Crippen LogP contribution in [0.2, 0.25) is 5.02 Å². The molecule has 1 fully saturated rings. The molecule has 0 spiro atoms. The number of aromatic nitrogens is 1. The van der Waals surface area contributed by atoms with Gasteiger partial charge in [-0.05, 0) is 57.6 Å². The van der Waals surface area contributed by atoms with Crippen molar-refractivity contribution in [2.45, 2.75) is 25.8 Å². The van der Waals surface area contributed by atoms with Crippen molar-refractivity contribution >= 4 is 23.3 Å². The molecule has 0 aliphatic carbocycles. The highest BCUT2D eigenvalue weighted by Crippen LogP contribution is 2.25. The van der Waals surface area contributed by atoms with Gasteiger partial charge in [0.25, 0.3) is 5.91 Å². The molecule has 138 valence electrons. The smallest absolute Gasteiger partial charge is 0.267 e. The van der Waals surface area contributed by atoms with Gasteiger partial charge in [-0.1, -0.05) is 17.7 Å². The summed E-state index contributed by atoms with van der Waals surface area (Å²) in [7, 11) is 2.05. The van der Waals surface area contributed by atoms with Gasteiger partial charge in [0.05, 0.1) is 10.6 Å². The Morgan fingerprint density at radius 2 is 2.00 bits per heavy atom. The minimum absolute atomic E-state index is 0.0524. The van der Waals surface area contributed by atoms with E-state index in [1.165, 1.54) is 24.4 Å². The lowest BCUT2D eigenvalue weighted by atomic mass is 10.0. The number of likely N-dealkylation sites (tertiary alicyclic amines) is 1. The zero-order chi connectivity index (χ0) is 18.8. The first-order chi connectivity index (χ1) is 12.4. The van der Waals surface area contributed by atoms with Crippen molar-refractivity contribution in [2.24, 2.45) is 0 Å². The summed E-state index contributed by atoms with van der Waals surface area (Å²) in [5.74, 6) is -1.46. The van der Waals surface area contributed by atoms with E-state index in [1.54, 1.807) is 6.92 Å². The van der Waals surface area contributed by atoms with Gasteiger partial charge in [0.2, 0.25) is 0 Å². The van der Waals surface area contributed by atoms with Crippen molar-refractivity contribution in [1.82, 2.24) is 15.2 Å².